The number of likely N-dealkylation sites (N-methyl/N-ethyl adjacent to an activating group) is 1. The van der Waals surface area contributed by atoms with Gasteiger partial charge in [0.15, 0.2) is 0 Å². The number of hydrogen-bond donors (Lipinski definition) is 1. The highest BCUT2D eigenvalue weighted by Crippen LogP contribution is 2.59. The van der Waals surface area contributed by atoms with Crippen molar-refractivity contribution in [3.05, 3.63) is 124 Å². The number of para-hydroxylation sites is 1. The zero-order valence-electron chi connectivity index (χ0n) is 29.4. The van der Waals surface area contributed by atoms with Crippen molar-refractivity contribution in [2.75, 3.05) is 25.1 Å². The number of nitrogens with zero attached hydrogens (tertiary/aromatic N) is 3. The van der Waals surface area contributed by atoms with E-state index in [9.17, 15) is 14.7 Å². The molecular weight excluding hydrogens is 762 g/mol. The largest absolute Gasteiger partial charge is 0.455 e. The highest BCUT2D eigenvalue weighted by Gasteiger charge is 2.75. The number of benzene rings is 3. The summed E-state index contributed by atoms with van der Waals surface area (Å²) in [7, 11) is 1.69. The van der Waals surface area contributed by atoms with Gasteiger partial charge in [-0.15, -0.1) is 0 Å². The molecule has 0 saturated carbocycles. The fourth-order valence-electron chi connectivity index (χ4n) is 8.26. The van der Waals surface area contributed by atoms with E-state index in [0.717, 1.165) is 5.56 Å². The Morgan fingerprint density at radius 3 is 2.30 bits per heavy atom. The van der Waals surface area contributed by atoms with Crippen molar-refractivity contribution < 1.29 is 33.8 Å². The first-order valence-corrected chi connectivity index (χ1v) is 19.0. The predicted molar refractivity (Wildman–Crippen MR) is 203 cm³/mol. The summed E-state index contributed by atoms with van der Waals surface area (Å²) in [5.74, 6) is -4.10. The number of carbonyl (C=O) groups is 4. The number of fused-ring (bicyclic) bond motifs is 2. The molecule has 3 aromatic carbocycles. The van der Waals surface area contributed by atoms with E-state index >= 15 is 9.59 Å². The number of cyclic esters (lactones) is 1. The number of anilines is 1. The number of likely N-dealkylation sites (tertiary alicyclic amines) is 1. The Labute approximate surface area is 322 Å². The van der Waals surface area contributed by atoms with E-state index in [1.165, 1.54) is 9.80 Å². The molecule has 4 aliphatic rings. The molecule has 10 nitrogen and oxygen atoms in total. The van der Waals surface area contributed by atoms with Crippen LogP contribution in [0.2, 0.25) is 5.02 Å². The first-order valence-electron chi connectivity index (χ1n) is 17.8. The smallest absolute Gasteiger partial charge is 0.313 e. The van der Waals surface area contributed by atoms with E-state index in [4.69, 9.17) is 21.1 Å². The number of carbonyl (C=O) groups excluding carboxylic acids is 4. The standard InChI is InChI=1S/C41H41BrClN3O7/c1-25-35(27-16-8-4-9-17-27)52-40(51)33-34-38(49)46(28(24-47)22-26-14-6-3-7-15-26)37(41(34)23-29(42)36(33)53-41)39(50)45(31-19-12-11-18-30(31)43)21-13-5-10-20-32(48)44(25)2/h3-9,11-19,23,25,28,33-37,47H,10,20-22,24H2,1-2H3/b13-5-/t25-,28+,33+,34-,35+,36+,37+,41-/m0/s1. The lowest BCUT2D eigenvalue weighted by molar-refractivity contribution is -0.164. The van der Waals surface area contributed by atoms with Crippen LogP contribution in [0.15, 0.2) is 108 Å². The van der Waals surface area contributed by atoms with Crippen molar-refractivity contribution in [1.82, 2.24) is 9.80 Å². The van der Waals surface area contributed by atoms with E-state index in [1.807, 2.05) is 73.7 Å². The molecule has 0 radical (unpaired) electrons. The van der Waals surface area contributed by atoms with Crippen molar-refractivity contribution in [2.45, 2.75) is 62.1 Å². The number of amides is 3. The fourth-order valence-corrected chi connectivity index (χ4v) is 9.24. The van der Waals surface area contributed by atoms with Crippen LogP contribution in [0.5, 0.6) is 0 Å². The number of aliphatic hydroxyl groups is 1. The molecule has 7 rings (SSSR count). The van der Waals surface area contributed by atoms with Crippen LogP contribution in [-0.4, -0.2) is 88.6 Å². The lowest BCUT2D eigenvalue weighted by Gasteiger charge is -2.39. The van der Waals surface area contributed by atoms with Gasteiger partial charge in [0.25, 0.3) is 5.91 Å². The minimum absolute atomic E-state index is 0.0701. The maximum absolute atomic E-state index is 15.3. The molecule has 12 heteroatoms. The molecule has 2 saturated heterocycles. The monoisotopic (exact) mass is 801 g/mol. The van der Waals surface area contributed by atoms with Gasteiger partial charge in [-0.2, -0.15) is 0 Å². The first kappa shape index (κ1) is 37.0. The topological polar surface area (TPSA) is 117 Å². The number of rotatable bonds is 6. The van der Waals surface area contributed by atoms with Gasteiger partial charge in [0, 0.05) is 24.5 Å². The third-order valence-corrected chi connectivity index (χ3v) is 12.0. The summed E-state index contributed by atoms with van der Waals surface area (Å²) in [6, 6.07) is 22.9. The third-order valence-electron chi connectivity index (χ3n) is 11.0. The van der Waals surface area contributed by atoms with Crippen LogP contribution >= 0.6 is 27.5 Å². The summed E-state index contributed by atoms with van der Waals surface area (Å²) in [5, 5.41) is 11.3. The van der Waals surface area contributed by atoms with Crippen LogP contribution < -0.4 is 4.90 Å². The van der Waals surface area contributed by atoms with E-state index in [0.29, 0.717) is 27.2 Å². The number of halogens is 2. The molecule has 5 bridgehead atoms. The second kappa shape index (κ2) is 15.2. The number of hydrogen-bond acceptors (Lipinski definition) is 7. The van der Waals surface area contributed by atoms with Gasteiger partial charge >= 0.3 is 5.97 Å². The Kier molecular flexibility index (Phi) is 10.6. The molecule has 3 amide bonds. The Hall–Kier alpha value is -4.29. The normalized spacial score (nSPS) is 30.3. The number of ether oxygens (including phenoxy) is 2. The van der Waals surface area contributed by atoms with Crippen LogP contribution in [0.3, 0.4) is 0 Å². The summed E-state index contributed by atoms with van der Waals surface area (Å²) in [6.45, 7) is 1.45. The first-order chi connectivity index (χ1) is 25.6. The molecule has 8 atom stereocenters. The third kappa shape index (κ3) is 6.62. The molecule has 0 unspecified atom stereocenters. The molecule has 1 N–H and O–H groups in total. The molecule has 0 aromatic heterocycles. The van der Waals surface area contributed by atoms with E-state index in [-0.39, 0.29) is 25.3 Å². The van der Waals surface area contributed by atoms with Crippen molar-refractivity contribution in [3.63, 3.8) is 0 Å². The molecule has 4 heterocycles. The van der Waals surface area contributed by atoms with Gasteiger partial charge < -0.3 is 29.3 Å². The fraction of sp³-hybridized carbons (Fsp3) is 0.366. The predicted octanol–water partition coefficient (Wildman–Crippen LogP) is 5.63. The molecular formula is C41H41BrClN3O7. The summed E-state index contributed by atoms with van der Waals surface area (Å²) in [5.41, 5.74) is 0.380. The van der Waals surface area contributed by atoms with Crippen LogP contribution in [0, 0.1) is 11.8 Å². The van der Waals surface area contributed by atoms with Crippen LogP contribution in [0.25, 0.3) is 0 Å². The van der Waals surface area contributed by atoms with Crippen LogP contribution in [0.4, 0.5) is 5.69 Å². The Bertz CT molecular complexity index is 1940. The van der Waals surface area contributed by atoms with E-state index in [2.05, 4.69) is 15.9 Å². The summed E-state index contributed by atoms with van der Waals surface area (Å²) >= 11 is 10.4. The molecule has 3 aromatic rings. The van der Waals surface area contributed by atoms with Crippen molar-refractivity contribution >= 4 is 56.9 Å². The zero-order chi connectivity index (χ0) is 37.4. The second-order valence-corrected chi connectivity index (χ2v) is 15.3. The van der Waals surface area contributed by atoms with E-state index < -0.39 is 72.2 Å². The Morgan fingerprint density at radius 1 is 0.925 bits per heavy atom. The summed E-state index contributed by atoms with van der Waals surface area (Å²) in [6.07, 6.45) is 4.44. The van der Waals surface area contributed by atoms with Gasteiger partial charge in [-0.3, -0.25) is 19.2 Å². The van der Waals surface area contributed by atoms with E-state index in [1.54, 1.807) is 48.4 Å². The highest BCUT2D eigenvalue weighted by atomic mass is 79.9. The Morgan fingerprint density at radius 2 is 1.60 bits per heavy atom. The van der Waals surface area contributed by atoms with Crippen molar-refractivity contribution in [2.24, 2.45) is 11.8 Å². The SMILES string of the molecule is C[C@H]1[C@H](c2ccccc2)OC(=O)[C@H]2[C@@H]3O[C@@]4(C=C3Br)[C@@H]2C(=O)N([C@@H](CO)Cc2ccccc2)[C@@H]4C(=O)N(c2ccccc2Cl)C/C=C\CCC(=O)N1C. The quantitative estimate of drug-likeness (QED) is 0.254. The lowest BCUT2D eigenvalue weighted by Crippen LogP contribution is -2.59. The summed E-state index contributed by atoms with van der Waals surface area (Å²) < 4.78 is 13.6. The average molecular weight is 803 g/mol. The van der Waals surface area contributed by atoms with Crippen LogP contribution in [0.1, 0.15) is 37.0 Å². The van der Waals surface area contributed by atoms with Gasteiger partial charge in [0.1, 0.15) is 29.8 Å². The summed E-state index contributed by atoms with van der Waals surface area (Å²) in [4.78, 5) is 63.0. The van der Waals surface area contributed by atoms with Gasteiger partial charge in [-0.25, -0.2) is 0 Å². The minimum atomic E-state index is -1.58. The number of esters is 1. The molecule has 276 valence electrons. The zero-order valence-corrected chi connectivity index (χ0v) is 31.7. The van der Waals surface area contributed by atoms with Crippen molar-refractivity contribution in [3.8, 4) is 0 Å². The number of aliphatic hydroxyl groups excluding tert-OH is 1. The molecule has 4 aliphatic heterocycles. The molecule has 0 aliphatic carbocycles. The maximum Gasteiger partial charge on any atom is 0.313 e. The minimum Gasteiger partial charge on any atom is -0.455 e. The Balaban J connectivity index is 1.39. The second-order valence-electron chi connectivity index (χ2n) is 14.0. The maximum atomic E-state index is 15.3. The van der Waals surface area contributed by atoms with Crippen LogP contribution in [-0.2, 0) is 35.1 Å². The van der Waals surface area contributed by atoms with Gasteiger partial charge in [-0.05, 0) is 49.1 Å². The lowest BCUT2D eigenvalue weighted by atomic mass is 9.74. The molecule has 53 heavy (non-hydrogen) atoms. The van der Waals surface area contributed by atoms with Gasteiger partial charge in [0.2, 0.25) is 11.8 Å². The number of allylic oxidation sites excluding steroid dienone is 1. The van der Waals surface area contributed by atoms with Gasteiger partial charge in [-0.1, -0.05) is 112 Å². The molecule has 2 fully saturated rings. The van der Waals surface area contributed by atoms with Gasteiger partial charge in [0.05, 0.1) is 35.3 Å². The highest BCUT2D eigenvalue weighted by molar-refractivity contribution is 9.11. The van der Waals surface area contributed by atoms with Crippen molar-refractivity contribution in [1.29, 1.82) is 0 Å². The average Bonchev–Trinajstić information content (AvgIpc) is 3.77. The molecule has 1 spiro atoms.